The molecule has 0 bridgehead atoms. The van der Waals surface area contributed by atoms with Gasteiger partial charge in [-0.1, -0.05) is 6.92 Å². The Labute approximate surface area is 114 Å². The summed E-state index contributed by atoms with van der Waals surface area (Å²) in [5, 5.41) is 2.83. The number of pyridine rings is 1. The second-order valence-corrected chi connectivity index (χ2v) is 4.52. The summed E-state index contributed by atoms with van der Waals surface area (Å²) in [6.45, 7) is 7.96. The number of hydrogen-bond donors (Lipinski definition) is 1. The van der Waals surface area contributed by atoms with Gasteiger partial charge in [-0.2, -0.15) is 0 Å². The predicted octanol–water partition coefficient (Wildman–Crippen LogP) is 2.54. The van der Waals surface area contributed by atoms with E-state index in [2.05, 4.69) is 10.3 Å². The van der Waals surface area contributed by atoms with Crippen LogP contribution < -0.4 is 10.1 Å². The van der Waals surface area contributed by atoms with Crippen LogP contribution in [-0.4, -0.2) is 30.2 Å². The van der Waals surface area contributed by atoms with Crippen molar-refractivity contribution in [1.29, 1.82) is 0 Å². The van der Waals surface area contributed by atoms with Gasteiger partial charge < -0.3 is 14.8 Å². The van der Waals surface area contributed by atoms with Gasteiger partial charge in [0.05, 0.1) is 19.0 Å². The molecule has 1 heterocycles. The maximum atomic E-state index is 12.2. The number of aryl methyl sites for hydroxylation is 1. The van der Waals surface area contributed by atoms with Crippen LogP contribution in [0.4, 0.5) is 5.69 Å². The number of carbonyl (C=O) groups is 1. The molecule has 0 aliphatic carbocycles. The van der Waals surface area contributed by atoms with E-state index in [9.17, 15) is 4.79 Å². The third-order valence-corrected chi connectivity index (χ3v) is 3.10. The van der Waals surface area contributed by atoms with Crippen molar-refractivity contribution in [2.45, 2.75) is 39.7 Å². The average molecular weight is 266 g/mol. The summed E-state index contributed by atoms with van der Waals surface area (Å²) in [6, 6.07) is 1.83. The Bertz CT molecular complexity index is 448. The molecule has 0 aliphatic rings. The van der Waals surface area contributed by atoms with Gasteiger partial charge in [0.2, 0.25) is 5.88 Å². The van der Waals surface area contributed by atoms with E-state index in [1.54, 1.807) is 20.2 Å². The first kappa shape index (κ1) is 15.4. The first-order valence-electron chi connectivity index (χ1n) is 6.42. The molecular formula is C14H22N2O3. The molecule has 0 saturated carbocycles. The fourth-order valence-corrected chi connectivity index (χ4v) is 1.75. The highest BCUT2D eigenvalue weighted by molar-refractivity contribution is 5.97. The van der Waals surface area contributed by atoms with Crippen molar-refractivity contribution in [1.82, 2.24) is 4.98 Å². The zero-order chi connectivity index (χ0) is 14.5. The second kappa shape index (κ2) is 6.52. The van der Waals surface area contributed by atoms with E-state index in [-0.39, 0.29) is 5.91 Å². The molecule has 1 rings (SSSR count). The van der Waals surface area contributed by atoms with Gasteiger partial charge in [-0.05, 0) is 33.3 Å². The number of hydrogen-bond acceptors (Lipinski definition) is 4. The number of amides is 1. The Hall–Kier alpha value is -1.62. The predicted molar refractivity (Wildman–Crippen MR) is 74.5 cm³/mol. The van der Waals surface area contributed by atoms with Gasteiger partial charge in [-0.3, -0.25) is 4.79 Å². The van der Waals surface area contributed by atoms with Crippen molar-refractivity contribution in [2.75, 3.05) is 19.0 Å². The molecule has 1 amide bonds. The maximum Gasteiger partial charge on any atom is 0.256 e. The number of anilines is 1. The second-order valence-electron chi connectivity index (χ2n) is 4.52. The van der Waals surface area contributed by atoms with Crippen LogP contribution in [0.2, 0.25) is 0 Å². The molecule has 1 aromatic heterocycles. The Balaban J connectivity index is 2.84. The van der Waals surface area contributed by atoms with Gasteiger partial charge in [0.1, 0.15) is 5.60 Å². The lowest BCUT2D eigenvalue weighted by Gasteiger charge is -2.26. The Morgan fingerprint density at radius 1 is 1.47 bits per heavy atom. The molecule has 1 atom stereocenters. The normalized spacial score (nSPS) is 13.7. The van der Waals surface area contributed by atoms with Crippen molar-refractivity contribution in [2.24, 2.45) is 0 Å². The zero-order valence-corrected chi connectivity index (χ0v) is 12.2. The SMILES string of the molecule is CCO[C@@](C)(CC)C(=O)Nc1cnc(OC)c(C)c1. The molecular weight excluding hydrogens is 244 g/mol. The number of ether oxygens (including phenoxy) is 2. The summed E-state index contributed by atoms with van der Waals surface area (Å²) in [5.41, 5.74) is 0.695. The molecule has 0 aromatic carbocycles. The van der Waals surface area contributed by atoms with E-state index in [0.29, 0.717) is 24.6 Å². The summed E-state index contributed by atoms with van der Waals surface area (Å²) in [7, 11) is 1.57. The summed E-state index contributed by atoms with van der Waals surface area (Å²) < 4.78 is 10.6. The van der Waals surface area contributed by atoms with Crippen molar-refractivity contribution in [3.8, 4) is 5.88 Å². The highest BCUT2D eigenvalue weighted by atomic mass is 16.5. The third-order valence-electron chi connectivity index (χ3n) is 3.10. The summed E-state index contributed by atoms with van der Waals surface area (Å²) in [4.78, 5) is 16.4. The van der Waals surface area contributed by atoms with E-state index in [1.807, 2.05) is 26.8 Å². The zero-order valence-electron chi connectivity index (χ0n) is 12.2. The van der Waals surface area contributed by atoms with Crippen molar-refractivity contribution < 1.29 is 14.3 Å². The minimum atomic E-state index is -0.817. The topological polar surface area (TPSA) is 60.5 Å². The molecule has 0 unspecified atom stereocenters. The van der Waals surface area contributed by atoms with E-state index < -0.39 is 5.60 Å². The minimum absolute atomic E-state index is 0.164. The highest BCUT2D eigenvalue weighted by Gasteiger charge is 2.31. The fourth-order valence-electron chi connectivity index (χ4n) is 1.75. The first-order chi connectivity index (χ1) is 8.96. The lowest BCUT2D eigenvalue weighted by atomic mass is 10.0. The number of carbonyl (C=O) groups excluding carboxylic acids is 1. The number of aromatic nitrogens is 1. The quantitative estimate of drug-likeness (QED) is 0.859. The van der Waals surface area contributed by atoms with Crippen LogP contribution in [0.5, 0.6) is 5.88 Å². The van der Waals surface area contributed by atoms with Gasteiger partial charge in [0, 0.05) is 12.2 Å². The largest absolute Gasteiger partial charge is 0.481 e. The molecule has 0 saturated heterocycles. The number of rotatable bonds is 6. The van der Waals surface area contributed by atoms with Gasteiger partial charge >= 0.3 is 0 Å². The standard InChI is InChI=1S/C14H22N2O3/c1-6-14(4,19-7-2)13(17)16-11-8-10(3)12(18-5)15-9-11/h8-9H,6-7H2,1-5H3,(H,16,17)/t14-/m0/s1. The highest BCUT2D eigenvalue weighted by Crippen LogP contribution is 2.21. The van der Waals surface area contributed by atoms with Crippen LogP contribution in [0.25, 0.3) is 0 Å². The van der Waals surface area contributed by atoms with Crippen LogP contribution in [-0.2, 0) is 9.53 Å². The lowest BCUT2D eigenvalue weighted by Crippen LogP contribution is -2.42. The lowest BCUT2D eigenvalue weighted by molar-refractivity contribution is -0.139. The summed E-state index contributed by atoms with van der Waals surface area (Å²) in [5.74, 6) is 0.393. The molecule has 1 N–H and O–H groups in total. The molecule has 19 heavy (non-hydrogen) atoms. The summed E-state index contributed by atoms with van der Waals surface area (Å²) in [6.07, 6.45) is 2.18. The maximum absolute atomic E-state index is 12.2. The van der Waals surface area contributed by atoms with Crippen LogP contribution in [0.15, 0.2) is 12.3 Å². The van der Waals surface area contributed by atoms with Gasteiger partial charge in [0.25, 0.3) is 5.91 Å². The first-order valence-corrected chi connectivity index (χ1v) is 6.42. The van der Waals surface area contributed by atoms with Crippen molar-refractivity contribution in [3.05, 3.63) is 17.8 Å². The van der Waals surface area contributed by atoms with Gasteiger partial charge in [0.15, 0.2) is 0 Å². The molecule has 0 aliphatic heterocycles. The van der Waals surface area contributed by atoms with Crippen LogP contribution >= 0.6 is 0 Å². The molecule has 1 aromatic rings. The van der Waals surface area contributed by atoms with Crippen molar-refractivity contribution in [3.63, 3.8) is 0 Å². The van der Waals surface area contributed by atoms with E-state index in [1.165, 1.54) is 0 Å². The smallest absolute Gasteiger partial charge is 0.256 e. The monoisotopic (exact) mass is 266 g/mol. The number of nitrogens with zero attached hydrogens (tertiary/aromatic N) is 1. The van der Waals surface area contributed by atoms with E-state index in [4.69, 9.17) is 9.47 Å². The summed E-state index contributed by atoms with van der Waals surface area (Å²) >= 11 is 0. The molecule has 0 fully saturated rings. The Kier molecular flexibility index (Phi) is 5.30. The van der Waals surface area contributed by atoms with Crippen LogP contribution in [0.3, 0.4) is 0 Å². The van der Waals surface area contributed by atoms with E-state index >= 15 is 0 Å². The third kappa shape index (κ3) is 3.67. The van der Waals surface area contributed by atoms with Gasteiger partial charge in [-0.25, -0.2) is 4.98 Å². The van der Waals surface area contributed by atoms with Crippen LogP contribution in [0.1, 0.15) is 32.8 Å². The van der Waals surface area contributed by atoms with E-state index in [0.717, 1.165) is 5.56 Å². The van der Waals surface area contributed by atoms with Crippen LogP contribution in [0, 0.1) is 6.92 Å². The molecule has 0 spiro atoms. The molecule has 0 radical (unpaired) electrons. The van der Waals surface area contributed by atoms with Crippen molar-refractivity contribution >= 4 is 11.6 Å². The fraction of sp³-hybridized carbons (Fsp3) is 0.571. The average Bonchev–Trinajstić information content (AvgIpc) is 2.39. The Morgan fingerprint density at radius 3 is 2.63 bits per heavy atom. The molecule has 106 valence electrons. The Morgan fingerprint density at radius 2 is 2.16 bits per heavy atom. The van der Waals surface area contributed by atoms with Gasteiger partial charge in [-0.15, -0.1) is 0 Å². The molecule has 5 nitrogen and oxygen atoms in total. The minimum Gasteiger partial charge on any atom is -0.481 e. The number of methoxy groups -OCH3 is 1. The molecule has 5 heteroatoms. The number of nitrogens with one attached hydrogen (secondary N) is 1.